The highest BCUT2D eigenvalue weighted by molar-refractivity contribution is 9.10. The number of aromatic nitrogens is 3. The van der Waals surface area contributed by atoms with Gasteiger partial charge in [-0.3, -0.25) is 9.36 Å². The zero-order valence-corrected chi connectivity index (χ0v) is 19.3. The number of hydrogen-bond donors (Lipinski definition) is 1. The van der Waals surface area contributed by atoms with Crippen LogP contribution in [-0.2, 0) is 11.3 Å². The van der Waals surface area contributed by atoms with Gasteiger partial charge in [0.05, 0.1) is 24.6 Å². The average molecular weight is 497 g/mol. The Morgan fingerprint density at radius 1 is 1.10 bits per heavy atom. The normalized spacial score (nSPS) is 11.9. The van der Waals surface area contributed by atoms with Gasteiger partial charge in [0.1, 0.15) is 0 Å². The molecule has 0 aliphatic rings. The number of carbonyl (C=O) groups is 1. The first-order valence-electron chi connectivity index (χ1n) is 9.79. The Morgan fingerprint density at radius 3 is 2.58 bits per heavy atom. The minimum absolute atomic E-state index is 0.0609. The molecule has 0 saturated heterocycles. The van der Waals surface area contributed by atoms with Gasteiger partial charge in [-0.2, -0.15) is 0 Å². The fourth-order valence-corrected chi connectivity index (χ4v) is 4.15. The summed E-state index contributed by atoms with van der Waals surface area (Å²) < 4.78 is 8.52. The van der Waals surface area contributed by atoms with Gasteiger partial charge >= 0.3 is 0 Å². The summed E-state index contributed by atoms with van der Waals surface area (Å²) in [6.07, 6.45) is 1.61. The van der Waals surface area contributed by atoms with Crippen molar-refractivity contribution in [2.75, 3.05) is 5.75 Å². The second-order valence-corrected chi connectivity index (χ2v) is 8.84. The van der Waals surface area contributed by atoms with Gasteiger partial charge < -0.3 is 9.73 Å². The molecule has 8 heteroatoms. The monoisotopic (exact) mass is 496 g/mol. The van der Waals surface area contributed by atoms with Crippen LogP contribution in [0.3, 0.4) is 0 Å². The van der Waals surface area contributed by atoms with E-state index < -0.39 is 0 Å². The average Bonchev–Trinajstić information content (AvgIpc) is 3.43. The van der Waals surface area contributed by atoms with Crippen LogP contribution in [-0.4, -0.2) is 26.4 Å². The lowest BCUT2D eigenvalue weighted by molar-refractivity contribution is -0.119. The smallest absolute Gasteiger partial charge is 0.230 e. The van der Waals surface area contributed by atoms with Crippen molar-refractivity contribution in [3.63, 3.8) is 0 Å². The first-order valence-corrected chi connectivity index (χ1v) is 11.6. The molecule has 0 fully saturated rings. The number of carbonyl (C=O) groups excluding carboxylic acids is 1. The van der Waals surface area contributed by atoms with Crippen LogP contribution < -0.4 is 5.32 Å². The van der Waals surface area contributed by atoms with E-state index in [0.29, 0.717) is 23.3 Å². The lowest BCUT2D eigenvalue weighted by Gasteiger charge is -2.14. The number of nitrogens with one attached hydrogen (secondary N) is 1. The third-order valence-electron chi connectivity index (χ3n) is 4.72. The van der Waals surface area contributed by atoms with Crippen LogP contribution in [0.15, 0.2) is 87.0 Å². The third kappa shape index (κ3) is 5.45. The number of halogens is 1. The lowest BCUT2D eigenvalue weighted by atomic mass is 10.1. The maximum atomic E-state index is 12.6. The van der Waals surface area contributed by atoms with Crippen molar-refractivity contribution in [2.45, 2.75) is 24.7 Å². The standard InChI is InChI=1S/C23H21BrN4O2S/c1-16(18-9-11-19(24)12-10-18)25-21(29)15-31-23-27-26-22(20-8-5-13-30-20)28(23)14-17-6-3-2-4-7-17/h2-13,16H,14-15H2,1H3,(H,25,29). The topological polar surface area (TPSA) is 73.0 Å². The van der Waals surface area contributed by atoms with Gasteiger partial charge in [0, 0.05) is 4.47 Å². The van der Waals surface area contributed by atoms with Crippen LogP contribution in [0.2, 0.25) is 0 Å². The Bertz CT molecular complexity index is 1130. The van der Waals surface area contributed by atoms with Gasteiger partial charge in [0.15, 0.2) is 10.9 Å². The van der Waals surface area contributed by atoms with Crippen LogP contribution in [0, 0.1) is 0 Å². The second kappa shape index (κ2) is 9.98. The molecule has 1 amide bonds. The van der Waals surface area contributed by atoms with Gasteiger partial charge in [-0.1, -0.05) is 70.2 Å². The van der Waals surface area contributed by atoms with Crippen LogP contribution >= 0.6 is 27.7 Å². The lowest BCUT2D eigenvalue weighted by Crippen LogP contribution is -2.28. The largest absolute Gasteiger partial charge is 0.461 e. The third-order valence-corrected chi connectivity index (χ3v) is 6.22. The van der Waals surface area contributed by atoms with E-state index in [-0.39, 0.29) is 17.7 Å². The minimum atomic E-state index is -0.0814. The van der Waals surface area contributed by atoms with Crippen LogP contribution in [0.1, 0.15) is 24.1 Å². The quantitative estimate of drug-likeness (QED) is 0.334. The summed E-state index contributed by atoms with van der Waals surface area (Å²) >= 11 is 4.79. The first-order chi connectivity index (χ1) is 15.1. The van der Waals surface area contributed by atoms with Crippen molar-refractivity contribution in [3.05, 3.63) is 88.6 Å². The van der Waals surface area contributed by atoms with Gasteiger partial charge in [0.25, 0.3) is 0 Å². The summed E-state index contributed by atoms with van der Waals surface area (Å²) in [5.41, 5.74) is 2.17. The Balaban J connectivity index is 1.46. The molecule has 158 valence electrons. The highest BCUT2D eigenvalue weighted by Crippen LogP contribution is 2.26. The van der Waals surface area contributed by atoms with Crippen molar-refractivity contribution in [3.8, 4) is 11.6 Å². The molecule has 4 aromatic rings. The number of benzene rings is 2. The van der Waals surface area contributed by atoms with E-state index >= 15 is 0 Å². The number of amides is 1. The summed E-state index contributed by atoms with van der Waals surface area (Å²) in [6.45, 7) is 2.56. The molecule has 1 atom stereocenters. The van der Waals surface area contributed by atoms with Gasteiger partial charge in [0.2, 0.25) is 11.7 Å². The maximum absolute atomic E-state index is 12.6. The SMILES string of the molecule is CC(NC(=O)CSc1nnc(-c2ccco2)n1Cc1ccccc1)c1ccc(Br)cc1. The molecule has 0 aliphatic carbocycles. The van der Waals surface area contributed by atoms with Crippen LogP contribution in [0.5, 0.6) is 0 Å². The zero-order valence-electron chi connectivity index (χ0n) is 16.9. The molecule has 1 N–H and O–H groups in total. The molecule has 2 aromatic heterocycles. The first kappa shape index (κ1) is 21.4. The number of thioether (sulfide) groups is 1. The highest BCUT2D eigenvalue weighted by Gasteiger charge is 2.18. The molecule has 0 aliphatic heterocycles. The fourth-order valence-electron chi connectivity index (χ4n) is 3.14. The Morgan fingerprint density at radius 2 is 1.87 bits per heavy atom. The number of furan rings is 1. The summed E-state index contributed by atoms with van der Waals surface area (Å²) in [5.74, 6) is 1.46. The molecule has 0 radical (unpaired) electrons. The van der Waals surface area contributed by atoms with Crippen molar-refractivity contribution in [2.24, 2.45) is 0 Å². The molecular formula is C23H21BrN4O2S. The Kier molecular flexibility index (Phi) is 6.89. The number of nitrogens with zero attached hydrogens (tertiary/aromatic N) is 3. The zero-order chi connectivity index (χ0) is 21.6. The van der Waals surface area contributed by atoms with E-state index in [1.807, 2.05) is 78.2 Å². The van der Waals surface area contributed by atoms with Gasteiger partial charge in [-0.15, -0.1) is 10.2 Å². The van der Waals surface area contributed by atoms with Crippen molar-refractivity contribution < 1.29 is 9.21 Å². The summed E-state index contributed by atoms with van der Waals surface area (Å²) in [7, 11) is 0. The summed E-state index contributed by atoms with van der Waals surface area (Å²) in [4.78, 5) is 12.6. The molecule has 2 heterocycles. The minimum Gasteiger partial charge on any atom is -0.461 e. The van der Waals surface area contributed by atoms with Crippen LogP contribution in [0.25, 0.3) is 11.6 Å². The van der Waals surface area contributed by atoms with Crippen molar-refractivity contribution in [1.82, 2.24) is 20.1 Å². The van der Waals surface area contributed by atoms with Crippen LogP contribution in [0.4, 0.5) is 0 Å². The highest BCUT2D eigenvalue weighted by atomic mass is 79.9. The van der Waals surface area contributed by atoms with E-state index in [4.69, 9.17) is 4.42 Å². The van der Waals surface area contributed by atoms with E-state index in [1.54, 1.807) is 6.26 Å². The Hall–Kier alpha value is -2.84. The van der Waals surface area contributed by atoms with E-state index in [0.717, 1.165) is 15.6 Å². The Labute approximate surface area is 193 Å². The maximum Gasteiger partial charge on any atom is 0.230 e. The molecule has 0 saturated carbocycles. The molecule has 31 heavy (non-hydrogen) atoms. The number of hydrogen-bond acceptors (Lipinski definition) is 5. The summed E-state index contributed by atoms with van der Waals surface area (Å²) in [5, 5.41) is 12.3. The molecule has 6 nitrogen and oxygen atoms in total. The van der Waals surface area contributed by atoms with Gasteiger partial charge in [-0.05, 0) is 42.3 Å². The van der Waals surface area contributed by atoms with Crippen molar-refractivity contribution >= 4 is 33.6 Å². The summed E-state index contributed by atoms with van der Waals surface area (Å²) in [6, 6.07) is 21.6. The fraction of sp³-hybridized carbons (Fsp3) is 0.174. The molecule has 4 rings (SSSR count). The van der Waals surface area contributed by atoms with Crippen molar-refractivity contribution in [1.29, 1.82) is 0 Å². The molecular weight excluding hydrogens is 476 g/mol. The van der Waals surface area contributed by atoms with E-state index in [1.165, 1.54) is 11.8 Å². The molecule has 0 bridgehead atoms. The molecule has 0 spiro atoms. The molecule has 2 aromatic carbocycles. The number of rotatable bonds is 8. The van der Waals surface area contributed by atoms with E-state index in [2.05, 4.69) is 31.4 Å². The predicted molar refractivity (Wildman–Crippen MR) is 125 cm³/mol. The predicted octanol–water partition coefficient (Wildman–Crippen LogP) is 5.32. The molecule has 1 unspecified atom stereocenters. The second-order valence-electron chi connectivity index (χ2n) is 6.98. The van der Waals surface area contributed by atoms with E-state index in [9.17, 15) is 4.79 Å². The van der Waals surface area contributed by atoms with Gasteiger partial charge in [-0.25, -0.2) is 0 Å².